The number of nitrogens with zero attached hydrogens (tertiary/aromatic N) is 2. The molecule has 0 unspecified atom stereocenters. The number of fused-ring (bicyclic) bond motifs is 1. The smallest absolute Gasteiger partial charge is 0.335 e. The van der Waals surface area contributed by atoms with Crippen molar-refractivity contribution in [2.24, 2.45) is 0 Å². The molecule has 0 aliphatic heterocycles. The number of halogens is 1. The van der Waals surface area contributed by atoms with Gasteiger partial charge in [-0.3, -0.25) is 9.36 Å². The first-order valence-corrected chi connectivity index (χ1v) is 6.88. The fourth-order valence-electron chi connectivity index (χ4n) is 2.02. The first-order valence-electron chi connectivity index (χ1n) is 6.00. The van der Waals surface area contributed by atoms with Crippen molar-refractivity contribution in [2.45, 2.75) is 6.54 Å². The van der Waals surface area contributed by atoms with Crippen LogP contribution in [-0.2, 0) is 6.54 Å². The van der Waals surface area contributed by atoms with Gasteiger partial charge in [0.15, 0.2) is 0 Å². The number of thiophene rings is 1. The van der Waals surface area contributed by atoms with Crippen LogP contribution in [0.4, 0.5) is 4.39 Å². The lowest BCUT2D eigenvalue weighted by molar-refractivity contribution is 0.0696. The zero-order valence-electron chi connectivity index (χ0n) is 10.6. The first-order chi connectivity index (χ1) is 10.1. The Hall–Kier alpha value is -2.54. The van der Waals surface area contributed by atoms with Crippen LogP contribution < -0.4 is 5.56 Å². The summed E-state index contributed by atoms with van der Waals surface area (Å²) in [4.78, 5) is 27.9. The fourth-order valence-corrected chi connectivity index (χ4v) is 2.74. The van der Waals surface area contributed by atoms with Gasteiger partial charge < -0.3 is 5.11 Å². The zero-order chi connectivity index (χ0) is 15.0. The van der Waals surface area contributed by atoms with E-state index in [0.717, 1.165) is 6.07 Å². The average Bonchev–Trinajstić information content (AvgIpc) is 2.93. The number of hydrogen-bond acceptors (Lipinski definition) is 4. The van der Waals surface area contributed by atoms with E-state index in [1.165, 1.54) is 34.4 Å². The molecule has 2 heterocycles. The average molecular weight is 304 g/mol. The van der Waals surface area contributed by atoms with Gasteiger partial charge in [0.1, 0.15) is 10.6 Å². The van der Waals surface area contributed by atoms with Crippen molar-refractivity contribution in [1.82, 2.24) is 9.55 Å². The highest BCUT2D eigenvalue weighted by molar-refractivity contribution is 7.16. The van der Waals surface area contributed by atoms with Crippen LogP contribution in [-0.4, -0.2) is 20.6 Å². The number of aromatic nitrogens is 2. The Morgan fingerprint density at radius 2 is 2.19 bits per heavy atom. The molecule has 7 heteroatoms. The molecular weight excluding hydrogens is 295 g/mol. The summed E-state index contributed by atoms with van der Waals surface area (Å²) in [5.74, 6) is -1.70. The van der Waals surface area contributed by atoms with E-state index in [1.807, 2.05) is 0 Å². The number of carboxylic acid groups (broad SMARTS) is 1. The van der Waals surface area contributed by atoms with Gasteiger partial charge in [-0.25, -0.2) is 14.2 Å². The first kappa shape index (κ1) is 13.4. The van der Waals surface area contributed by atoms with E-state index in [9.17, 15) is 14.0 Å². The molecule has 0 aliphatic carbocycles. The quantitative estimate of drug-likeness (QED) is 0.806. The van der Waals surface area contributed by atoms with Crippen molar-refractivity contribution in [1.29, 1.82) is 0 Å². The number of carbonyl (C=O) groups is 1. The molecule has 3 rings (SSSR count). The lowest BCUT2D eigenvalue weighted by Crippen LogP contribution is -2.21. The van der Waals surface area contributed by atoms with E-state index in [1.54, 1.807) is 11.4 Å². The number of rotatable bonds is 3. The lowest BCUT2D eigenvalue weighted by atomic mass is 10.1. The minimum atomic E-state index is -1.14. The van der Waals surface area contributed by atoms with Crippen molar-refractivity contribution in [2.75, 3.05) is 0 Å². The number of hydrogen-bond donors (Lipinski definition) is 1. The standard InChI is InChI=1S/C14H9FN2O3S/c15-11-2-1-8(14(19)20)5-9(11)6-17-7-16-12-10(13(17)18)3-4-21-12/h1-5,7H,6H2,(H,19,20). The van der Waals surface area contributed by atoms with Gasteiger partial charge in [-0.2, -0.15) is 0 Å². The van der Waals surface area contributed by atoms with Crippen LogP contribution in [0.15, 0.2) is 40.8 Å². The summed E-state index contributed by atoms with van der Waals surface area (Å²) in [5.41, 5.74) is -0.168. The second-order valence-electron chi connectivity index (χ2n) is 4.43. The van der Waals surface area contributed by atoms with Crippen molar-refractivity contribution < 1.29 is 14.3 Å². The van der Waals surface area contributed by atoms with E-state index < -0.39 is 11.8 Å². The van der Waals surface area contributed by atoms with Gasteiger partial charge in [0.25, 0.3) is 5.56 Å². The Labute approximate surface area is 121 Å². The molecular formula is C14H9FN2O3S. The highest BCUT2D eigenvalue weighted by Gasteiger charge is 2.11. The van der Waals surface area contributed by atoms with Crippen molar-refractivity contribution >= 4 is 27.5 Å². The molecule has 0 saturated carbocycles. The van der Waals surface area contributed by atoms with Crippen LogP contribution in [0.5, 0.6) is 0 Å². The molecule has 0 fully saturated rings. The Morgan fingerprint density at radius 1 is 1.38 bits per heavy atom. The van der Waals surface area contributed by atoms with Crippen LogP contribution in [0.3, 0.4) is 0 Å². The molecule has 1 N–H and O–H groups in total. The number of benzene rings is 1. The molecule has 0 amide bonds. The molecule has 5 nitrogen and oxygen atoms in total. The number of aromatic carboxylic acids is 1. The summed E-state index contributed by atoms with van der Waals surface area (Å²) in [7, 11) is 0. The topological polar surface area (TPSA) is 72.2 Å². The summed E-state index contributed by atoms with van der Waals surface area (Å²) in [6, 6.07) is 5.16. The molecule has 106 valence electrons. The molecule has 0 aliphatic rings. The van der Waals surface area contributed by atoms with Gasteiger partial charge in [-0.1, -0.05) is 0 Å². The second-order valence-corrected chi connectivity index (χ2v) is 5.32. The van der Waals surface area contributed by atoms with Crippen LogP contribution in [0.25, 0.3) is 10.2 Å². The Morgan fingerprint density at radius 3 is 2.95 bits per heavy atom. The summed E-state index contributed by atoms with van der Waals surface area (Å²) in [5, 5.41) is 11.2. The van der Waals surface area contributed by atoms with Gasteiger partial charge in [0, 0.05) is 5.56 Å². The molecule has 0 saturated heterocycles. The van der Waals surface area contributed by atoms with Crippen molar-refractivity contribution in [3.05, 3.63) is 63.3 Å². The third-order valence-electron chi connectivity index (χ3n) is 3.08. The molecule has 1 aromatic carbocycles. The lowest BCUT2D eigenvalue weighted by Gasteiger charge is -2.07. The van der Waals surface area contributed by atoms with Gasteiger partial charge >= 0.3 is 5.97 Å². The van der Waals surface area contributed by atoms with Gasteiger partial charge in [0.2, 0.25) is 0 Å². The summed E-state index contributed by atoms with van der Waals surface area (Å²) in [6.07, 6.45) is 1.34. The molecule has 0 radical (unpaired) electrons. The SMILES string of the molecule is O=C(O)c1ccc(F)c(Cn2cnc3sccc3c2=O)c1. The minimum absolute atomic E-state index is 0.0241. The third kappa shape index (κ3) is 2.43. The van der Waals surface area contributed by atoms with Gasteiger partial charge in [-0.15, -0.1) is 11.3 Å². The van der Waals surface area contributed by atoms with Crippen LogP contribution in [0.2, 0.25) is 0 Å². The predicted octanol–water partition coefficient (Wildman–Crippen LogP) is 2.34. The monoisotopic (exact) mass is 304 g/mol. The van der Waals surface area contributed by atoms with Crippen molar-refractivity contribution in [3.63, 3.8) is 0 Å². The van der Waals surface area contributed by atoms with Gasteiger partial charge in [-0.05, 0) is 29.6 Å². The maximum atomic E-state index is 13.8. The van der Waals surface area contributed by atoms with E-state index in [2.05, 4.69) is 4.98 Å². The summed E-state index contributed by atoms with van der Waals surface area (Å²) < 4.78 is 15.0. The zero-order valence-corrected chi connectivity index (χ0v) is 11.4. The number of carboxylic acids is 1. The molecule has 3 aromatic rings. The molecule has 2 aromatic heterocycles. The molecule has 0 spiro atoms. The second kappa shape index (κ2) is 5.10. The minimum Gasteiger partial charge on any atom is -0.478 e. The van der Waals surface area contributed by atoms with Crippen LogP contribution in [0, 0.1) is 5.82 Å². The fraction of sp³-hybridized carbons (Fsp3) is 0.0714. The largest absolute Gasteiger partial charge is 0.478 e. The summed E-state index contributed by atoms with van der Waals surface area (Å²) >= 11 is 1.35. The molecule has 0 atom stereocenters. The Kier molecular flexibility index (Phi) is 3.26. The van der Waals surface area contributed by atoms with E-state index in [0.29, 0.717) is 10.2 Å². The maximum Gasteiger partial charge on any atom is 0.335 e. The van der Waals surface area contributed by atoms with E-state index >= 15 is 0 Å². The Balaban J connectivity index is 2.06. The summed E-state index contributed by atoms with van der Waals surface area (Å²) in [6.45, 7) is -0.0649. The van der Waals surface area contributed by atoms with Crippen molar-refractivity contribution in [3.8, 4) is 0 Å². The predicted molar refractivity (Wildman–Crippen MR) is 76.3 cm³/mol. The molecule has 0 bridgehead atoms. The normalized spacial score (nSPS) is 10.9. The highest BCUT2D eigenvalue weighted by Crippen LogP contribution is 2.15. The third-order valence-corrected chi connectivity index (χ3v) is 3.90. The molecule has 21 heavy (non-hydrogen) atoms. The van der Waals surface area contributed by atoms with Gasteiger partial charge in [0.05, 0.1) is 23.8 Å². The van der Waals surface area contributed by atoms with E-state index in [-0.39, 0.29) is 23.2 Å². The maximum absolute atomic E-state index is 13.8. The Bertz CT molecular complexity index is 901. The van der Waals surface area contributed by atoms with E-state index in [4.69, 9.17) is 5.11 Å². The van der Waals surface area contributed by atoms with Crippen LogP contribution in [0.1, 0.15) is 15.9 Å². The highest BCUT2D eigenvalue weighted by atomic mass is 32.1. The van der Waals surface area contributed by atoms with Crippen LogP contribution >= 0.6 is 11.3 Å².